The number of carbonyl (C=O) groups excluding carboxylic acids is 1. The predicted molar refractivity (Wildman–Crippen MR) is 115 cm³/mol. The molecule has 4 aromatic rings. The first kappa shape index (κ1) is 17.1. The Labute approximate surface area is 168 Å². The number of aromatic nitrogens is 1. The van der Waals surface area contributed by atoms with Crippen molar-refractivity contribution in [2.75, 3.05) is 5.32 Å². The zero-order valence-electron chi connectivity index (χ0n) is 15.6. The number of hydrogen-bond donors (Lipinski definition) is 1. The van der Waals surface area contributed by atoms with Crippen molar-refractivity contribution in [3.8, 4) is 0 Å². The van der Waals surface area contributed by atoms with Crippen LogP contribution in [0.2, 0.25) is 0 Å². The molecule has 1 saturated carbocycles. The van der Waals surface area contributed by atoms with Crippen LogP contribution in [-0.4, -0.2) is 10.9 Å². The zero-order chi connectivity index (χ0) is 19.2. The van der Waals surface area contributed by atoms with E-state index in [1.165, 1.54) is 22.5 Å². The van der Waals surface area contributed by atoms with Crippen molar-refractivity contribution in [3.05, 3.63) is 96.1 Å². The predicted octanol–water partition coefficient (Wildman–Crippen LogP) is 5.63. The van der Waals surface area contributed by atoms with Gasteiger partial charge in [0.05, 0.1) is 15.6 Å². The minimum Gasteiger partial charge on any atom is -0.301 e. The Morgan fingerprint density at radius 1 is 0.893 bits per heavy atom. The quantitative estimate of drug-likeness (QED) is 0.495. The fourth-order valence-electron chi connectivity index (χ4n) is 4.37. The van der Waals surface area contributed by atoms with Gasteiger partial charge in [-0.2, -0.15) is 0 Å². The minimum absolute atomic E-state index is 0.0271. The second-order valence-corrected chi connectivity index (χ2v) is 8.62. The van der Waals surface area contributed by atoms with E-state index in [9.17, 15) is 4.79 Å². The molecule has 0 spiro atoms. The second-order valence-electron chi connectivity index (χ2n) is 7.59. The van der Waals surface area contributed by atoms with Gasteiger partial charge in [-0.15, -0.1) is 0 Å². The fourth-order valence-corrected chi connectivity index (χ4v) is 5.24. The SMILES string of the molecule is CC1(C(=O)Nc2nc3ccccc3s2)CC1(c1ccccc1)c1ccccc1. The Hall–Kier alpha value is -2.98. The summed E-state index contributed by atoms with van der Waals surface area (Å²) in [6.45, 7) is 2.07. The van der Waals surface area contributed by atoms with Gasteiger partial charge in [0.1, 0.15) is 0 Å². The fraction of sp³-hybridized carbons (Fsp3) is 0.167. The molecule has 1 aromatic heterocycles. The second kappa shape index (κ2) is 6.28. The molecular weight excluding hydrogens is 364 g/mol. The standard InChI is InChI=1S/C24H20N2OS/c1-23(21(27)26-22-25-19-14-8-9-15-20(19)28-22)16-24(23,17-10-4-2-5-11-17)18-12-6-3-7-13-18/h2-15H,16H2,1H3,(H,25,26,27). The Morgan fingerprint density at radius 2 is 1.46 bits per heavy atom. The third-order valence-corrected chi connectivity index (χ3v) is 6.94. The highest BCUT2D eigenvalue weighted by Gasteiger charge is 2.70. The summed E-state index contributed by atoms with van der Waals surface area (Å²) >= 11 is 1.52. The van der Waals surface area contributed by atoms with Gasteiger partial charge in [-0.1, -0.05) is 84.1 Å². The minimum atomic E-state index is -0.520. The van der Waals surface area contributed by atoms with Crippen LogP contribution >= 0.6 is 11.3 Å². The molecule has 1 aliphatic carbocycles. The first-order valence-electron chi connectivity index (χ1n) is 9.42. The van der Waals surface area contributed by atoms with Crippen molar-refractivity contribution in [3.63, 3.8) is 0 Å². The van der Waals surface area contributed by atoms with Crippen LogP contribution in [0.3, 0.4) is 0 Å². The van der Waals surface area contributed by atoms with Crippen LogP contribution in [-0.2, 0) is 10.2 Å². The summed E-state index contributed by atoms with van der Waals surface area (Å²) in [7, 11) is 0. The monoisotopic (exact) mass is 384 g/mol. The van der Waals surface area contributed by atoms with Crippen molar-refractivity contribution < 1.29 is 4.79 Å². The number of amides is 1. The molecule has 1 fully saturated rings. The van der Waals surface area contributed by atoms with Crippen molar-refractivity contribution in [2.45, 2.75) is 18.8 Å². The van der Waals surface area contributed by atoms with E-state index >= 15 is 0 Å². The van der Waals surface area contributed by atoms with Crippen LogP contribution in [0, 0.1) is 5.41 Å². The van der Waals surface area contributed by atoms with Crippen molar-refractivity contribution in [1.29, 1.82) is 0 Å². The van der Waals surface area contributed by atoms with E-state index < -0.39 is 5.41 Å². The van der Waals surface area contributed by atoms with Crippen LogP contribution in [0.15, 0.2) is 84.9 Å². The Balaban J connectivity index is 1.52. The number of thiazole rings is 1. The highest BCUT2D eigenvalue weighted by Crippen LogP contribution is 2.68. The molecule has 1 atom stereocenters. The summed E-state index contributed by atoms with van der Waals surface area (Å²) in [6.07, 6.45) is 0.782. The van der Waals surface area contributed by atoms with E-state index in [1.807, 2.05) is 60.7 Å². The van der Waals surface area contributed by atoms with E-state index in [4.69, 9.17) is 0 Å². The maximum atomic E-state index is 13.4. The first-order chi connectivity index (χ1) is 13.6. The normalized spacial score (nSPS) is 20.0. The number of benzene rings is 3. The lowest BCUT2D eigenvalue weighted by molar-refractivity contribution is -0.121. The third kappa shape index (κ3) is 2.49. The van der Waals surface area contributed by atoms with Crippen molar-refractivity contribution >= 4 is 32.6 Å². The lowest BCUT2D eigenvalue weighted by atomic mass is 9.80. The van der Waals surface area contributed by atoms with Gasteiger partial charge in [0.25, 0.3) is 0 Å². The highest BCUT2D eigenvalue weighted by molar-refractivity contribution is 7.22. The average Bonchev–Trinajstić information content (AvgIpc) is 3.20. The molecule has 1 heterocycles. The molecule has 0 aliphatic heterocycles. The number of para-hydroxylation sites is 1. The van der Waals surface area contributed by atoms with Gasteiger partial charge in [0.2, 0.25) is 5.91 Å². The summed E-state index contributed by atoms with van der Waals surface area (Å²) in [5, 5.41) is 3.76. The number of carbonyl (C=O) groups is 1. The van der Waals surface area contributed by atoms with Gasteiger partial charge < -0.3 is 5.32 Å². The van der Waals surface area contributed by atoms with Gasteiger partial charge >= 0.3 is 0 Å². The topological polar surface area (TPSA) is 42.0 Å². The number of nitrogens with one attached hydrogen (secondary N) is 1. The van der Waals surface area contributed by atoms with Crippen molar-refractivity contribution in [2.24, 2.45) is 5.41 Å². The van der Waals surface area contributed by atoms with Gasteiger partial charge in [0.15, 0.2) is 5.13 Å². The molecule has 4 heteroatoms. The molecule has 0 saturated heterocycles. The third-order valence-electron chi connectivity index (χ3n) is 5.98. The Kier molecular flexibility index (Phi) is 3.84. The van der Waals surface area contributed by atoms with E-state index in [0.29, 0.717) is 5.13 Å². The lowest BCUT2D eigenvalue weighted by Crippen LogP contribution is -2.30. The molecule has 1 aliphatic rings. The molecule has 3 aromatic carbocycles. The Morgan fingerprint density at radius 3 is 2.07 bits per heavy atom. The number of rotatable bonds is 4. The summed E-state index contributed by atoms with van der Waals surface area (Å²) in [5.74, 6) is 0.0271. The van der Waals surface area contributed by atoms with Crippen LogP contribution in [0.4, 0.5) is 5.13 Å². The van der Waals surface area contributed by atoms with Gasteiger partial charge in [-0.05, 0) is 36.6 Å². The molecule has 1 unspecified atom stereocenters. The zero-order valence-corrected chi connectivity index (χ0v) is 16.4. The van der Waals surface area contributed by atoms with E-state index in [2.05, 4.69) is 41.5 Å². The smallest absolute Gasteiger partial charge is 0.233 e. The summed E-state index contributed by atoms with van der Waals surface area (Å²) < 4.78 is 1.08. The number of hydrogen-bond acceptors (Lipinski definition) is 3. The number of anilines is 1. The number of nitrogens with zero attached hydrogens (tertiary/aromatic N) is 1. The molecule has 1 N–H and O–H groups in total. The first-order valence-corrected chi connectivity index (χ1v) is 10.2. The van der Waals surface area contributed by atoms with Crippen LogP contribution in [0.5, 0.6) is 0 Å². The summed E-state index contributed by atoms with van der Waals surface area (Å²) in [5.41, 5.74) is 2.46. The Bertz CT molecular complexity index is 1080. The lowest BCUT2D eigenvalue weighted by Gasteiger charge is -2.23. The molecule has 3 nitrogen and oxygen atoms in total. The van der Waals surface area contributed by atoms with E-state index in [0.717, 1.165) is 16.6 Å². The highest BCUT2D eigenvalue weighted by atomic mass is 32.1. The van der Waals surface area contributed by atoms with Gasteiger partial charge in [0, 0.05) is 5.41 Å². The van der Waals surface area contributed by atoms with Crippen molar-refractivity contribution in [1.82, 2.24) is 4.98 Å². The maximum Gasteiger partial charge on any atom is 0.233 e. The summed E-state index contributed by atoms with van der Waals surface area (Å²) in [6, 6.07) is 28.7. The maximum absolute atomic E-state index is 13.4. The summed E-state index contributed by atoms with van der Waals surface area (Å²) in [4.78, 5) is 18.0. The molecule has 0 radical (unpaired) electrons. The van der Waals surface area contributed by atoms with E-state index in [1.54, 1.807) is 0 Å². The molecule has 28 heavy (non-hydrogen) atoms. The van der Waals surface area contributed by atoms with Crippen LogP contribution in [0.1, 0.15) is 24.5 Å². The van der Waals surface area contributed by atoms with Crippen LogP contribution in [0.25, 0.3) is 10.2 Å². The van der Waals surface area contributed by atoms with Gasteiger partial charge in [-0.25, -0.2) is 4.98 Å². The molecule has 138 valence electrons. The molecule has 5 rings (SSSR count). The van der Waals surface area contributed by atoms with E-state index in [-0.39, 0.29) is 11.3 Å². The average molecular weight is 385 g/mol. The molecular formula is C24H20N2OS. The number of fused-ring (bicyclic) bond motifs is 1. The molecule has 0 bridgehead atoms. The van der Waals surface area contributed by atoms with Crippen LogP contribution < -0.4 is 5.32 Å². The largest absolute Gasteiger partial charge is 0.301 e. The van der Waals surface area contributed by atoms with Gasteiger partial charge in [-0.3, -0.25) is 4.79 Å². The molecule has 1 amide bonds.